The first kappa shape index (κ1) is 8.95. The molecule has 0 aliphatic heterocycles. The second kappa shape index (κ2) is 6.08. The van der Waals surface area contributed by atoms with Crippen LogP contribution in [-0.2, 0) is 4.79 Å². The third-order valence-electron chi connectivity index (χ3n) is 1.33. The second-order valence-electron chi connectivity index (χ2n) is 2.00. The molecule has 0 aromatic rings. The summed E-state index contributed by atoms with van der Waals surface area (Å²) in [5, 5.41) is 8.48. The van der Waals surface area contributed by atoms with Gasteiger partial charge in [0.05, 0.1) is 6.26 Å². The van der Waals surface area contributed by atoms with E-state index in [4.69, 9.17) is 9.90 Å². The van der Waals surface area contributed by atoms with Crippen LogP contribution in [0.3, 0.4) is 0 Å². The van der Waals surface area contributed by atoms with E-state index in [0.717, 1.165) is 18.4 Å². The van der Waals surface area contributed by atoms with Gasteiger partial charge in [-0.2, -0.15) is 0 Å². The van der Waals surface area contributed by atoms with Crippen LogP contribution in [0.15, 0.2) is 24.0 Å². The van der Waals surface area contributed by atoms with Gasteiger partial charge in [-0.3, -0.25) is 0 Å². The summed E-state index contributed by atoms with van der Waals surface area (Å²) in [6.07, 6.45) is 8.64. The minimum atomic E-state index is 1.03. The Hall–Kier alpha value is -1.05. The van der Waals surface area contributed by atoms with Crippen LogP contribution in [-0.4, -0.2) is 11.9 Å². The van der Waals surface area contributed by atoms with Crippen molar-refractivity contribution in [2.24, 2.45) is 0 Å². The molecule has 0 radical (unpaired) electrons. The minimum Gasteiger partial charge on any atom is -0.515 e. The molecule has 56 valence electrons. The normalized spacial score (nSPS) is 19.8. The molecule has 1 rings (SSSR count). The van der Waals surface area contributed by atoms with Crippen LogP contribution in [0.5, 0.6) is 0 Å². The lowest BCUT2D eigenvalue weighted by molar-refractivity contribution is -0.0979. The van der Waals surface area contributed by atoms with Gasteiger partial charge < -0.3 is 9.90 Å². The fourth-order valence-electron chi connectivity index (χ4n) is 0.850. The SMILES string of the molecule is C=O.OC=C1C=CCCC1. The molecule has 1 aliphatic carbocycles. The van der Waals surface area contributed by atoms with Crippen molar-refractivity contribution in [2.75, 3.05) is 0 Å². The van der Waals surface area contributed by atoms with Gasteiger partial charge in [0.25, 0.3) is 0 Å². The molecule has 0 amide bonds. The van der Waals surface area contributed by atoms with E-state index in [0.29, 0.717) is 0 Å². The molecule has 0 heterocycles. The molecule has 2 nitrogen and oxygen atoms in total. The fraction of sp³-hybridized carbons (Fsp3) is 0.375. The highest BCUT2D eigenvalue weighted by atomic mass is 16.2. The van der Waals surface area contributed by atoms with Crippen LogP contribution >= 0.6 is 0 Å². The molecule has 0 saturated carbocycles. The van der Waals surface area contributed by atoms with E-state index in [9.17, 15) is 0 Å². The number of carbonyl (C=O) groups excluding carboxylic acids is 1. The van der Waals surface area contributed by atoms with Crippen LogP contribution in [0.1, 0.15) is 19.3 Å². The van der Waals surface area contributed by atoms with Crippen molar-refractivity contribution in [1.29, 1.82) is 0 Å². The molecular weight excluding hydrogens is 128 g/mol. The lowest BCUT2D eigenvalue weighted by Crippen LogP contribution is -1.84. The summed E-state index contributed by atoms with van der Waals surface area (Å²) in [6.45, 7) is 2.00. The number of hydrogen-bond donors (Lipinski definition) is 1. The Labute approximate surface area is 60.9 Å². The first-order valence-corrected chi connectivity index (χ1v) is 3.22. The Morgan fingerprint density at radius 3 is 2.60 bits per heavy atom. The van der Waals surface area contributed by atoms with Crippen LogP contribution < -0.4 is 0 Å². The number of hydrogen-bond acceptors (Lipinski definition) is 2. The van der Waals surface area contributed by atoms with Crippen molar-refractivity contribution < 1.29 is 9.90 Å². The molecular formula is C8H12O2. The Kier molecular flexibility index (Phi) is 5.44. The maximum absolute atomic E-state index is 8.48. The monoisotopic (exact) mass is 140 g/mol. The van der Waals surface area contributed by atoms with Crippen molar-refractivity contribution in [1.82, 2.24) is 0 Å². The lowest BCUT2D eigenvalue weighted by atomic mass is 10.0. The van der Waals surface area contributed by atoms with Crippen LogP contribution in [0.25, 0.3) is 0 Å². The van der Waals surface area contributed by atoms with E-state index in [-0.39, 0.29) is 0 Å². The van der Waals surface area contributed by atoms with E-state index in [1.807, 2.05) is 12.9 Å². The standard InChI is InChI=1S/C7H10O.CH2O/c8-6-7-4-2-1-3-5-7;1-2/h2,4,6,8H,1,3,5H2;1H2. The van der Waals surface area contributed by atoms with Gasteiger partial charge in [0.15, 0.2) is 0 Å². The zero-order chi connectivity index (χ0) is 7.82. The summed E-state index contributed by atoms with van der Waals surface area (Å²) < 4.78 is 0. The van der Waals surface area contributed by atoms with Crippen LogP contribution in [0.4, 0.5) is 0 Å². The summed E-state index contributed by atoms with van der Waals surface area (Å²) in [6, 6.07) is 0. The van der Waals surface area contributed by atoms with Gasteiger partial charge in [0.2, 0.25) is 0 Å². The van der Waals surface area contributed by atoms with Gasteiger partial charge in [-0.05, 0) is 24.8 Å². The highest BCUT2D eigenvalue weighted by Crippen LogP contribution is 2.14. The van der Waals surface area contributed by atoms with Crippen molar-refractivity contribution in [2.45, 2.75) is 19.3 Å². The molecule has 0 aromatic heterocycles. The first-order valence-electron chi connectivity index (χ1n) is 3.22. The van der Waals surface area contributed by atoms with Gasteiger partial charge in [-0.25, -0.2) is 0 Å². The van der Waals surface area contributed by atoms with Gasteiger partial charge in [-0.15, -0.1) is 0 Å². The van der Waals surface area contributed by atoms with Gasteiger partial charge in [-0.1, -0.05) is 12.2 Å². The van der Waals surface area contributed by atoms with E-state index in [1.165, 1.54) is 12.7 Å². The molecule has 0 spiro atoms. The highest BCUT2D eigenvalue weighted by Gasteiger charge is 1.96. The quantitative estimate of drug-likeness (QED) is 0.522. The zero-order valence-corrected chi connectivity index (χ0v) is 5.92. The Balaban J connectivity index is 0.000000371. The molecule has 0 fully saturated rings. The smallest absolute Gasteiger partial charge is 0.106 e. The molecule has 0 unspecified atom stereocenters. The predicted octanol–water partition coefficient (Wildman–Crippen LogP) is 1.98. The molecule has 10 heavy (non-hydrogen) atoms. The third kappa shape index (κ3) is 3.07. The summed E-state index contributed by atoms with van der Waals surface area (Å²) >= 11 is 0. The predicted molar refractivity (Wildman–Crippen MR) is 40.8 cm³/mol. The molecule has 0 saturated heterocycles. The highest BCUT2D eigenvalue weighted by molar-refractivity contribution is 5.18. The average Bonchev–Trinajstić information content (AvgIpc) is 2.10. The number of aliphatic hydroxyl groups is 1. The molecule has 1 aliphatic rings. The molecule has 0 atom stereocenters. The minimum absolute atomic E-state index is 1.03. The topological polar surface area (TPSA) is 37.3 Å². The van der Waals surface area contributed by atoms with E-state index >= 15 is 0 Å². The zero-order valence-electron chi connectivity index (χ0n) is 5.92. The third-order valence-corrected chi connectivity index (χ3v) is 1.33. The van der Waals surface area contributed by atoms with Gasteiger partial charge in [0, 0.05) is 0 Å². The first-order chi connectivity index (χ1) is 4.93. The van der Waals surface area contributed by atoms with Crippen molar-refractivity contribution in [3.8, 4) is 0 Å². The van der Waals surface area contributed by atoms with Crippen molar-refractivity contribution in [3.63, 3.8) is 0 Å². The molecule has 0 bridgehead atoms. The average molecular weight is 140 g/mol. The summed E-state index contributed by atoms with van der Waals surface area (Å²) in [5.74, 6) is 0. The number of allylic oxidation sites excluding steroid dienone is 3. The second-order valence-corrected chi connectivity index (χ2v) is 2.00. The molecule has 1 N–H and O–H groups in total. The van der Waals surface area contributed by atoms with Crippen molar-refractivity contribution >= 4 is 6.79 Å². The number of aliphatic hydroxyl groups excluding tert-OH is 1. The Morgan fingerprint density at radius 2 is 2.30 bits per heavy atom. The lowest BCUT2D eigenvalue weighted by Gasteiger charge is -2.03. The fourth-order valence-corrected chi connectivity index (χ4v) is 0.850. The van der Waals surface area contributed by atoms with E-state index in [2.05, 4.69) is 6.08 Å². The Bertz CT molecular complexity index is 136. The van der Waals surface area contributed by atoms with Gasteiger partial charge >= 0.3 is 0 Å². The van der Waals surface area contributed by atoms with E-state index < -0.39 is 0 Å². The summed E-state index contributed by atoms with van der Waals surface area (Å²) in [5.41, 5.74) is 1.05. The molecule has 2 heteroatoms. The van der Waals surface area contributed by atoms with Crippen LogP contribution in [0, 0.1) is 0 Å². The largest absolute Gasteiger partial charge is 0.515 e. The maximum atomic E-state index is 8.48. The van der Waals surface area contributed by atoms with Crippen LogP contribution in [0.2, 0.25) is 0 Å². The van der Waals surface area contributed by atoms with E-state index in [1.54, 1.807) is 0 Å². The summed E-state index contributed by atoms with van der Waals surface area (Å²) in [4.78, 5) is 8.00. The van der Waals surface area contributed by atoms with Gasteiger partial charge in [0.1, 0.15) is 6.79 Å². The summed E-state index contributed by atoms with van der Waals surface area (Å²) in [7, 11) is 0. The van der Waals surface area contributed by atoms with Crippen molar-refractivity contribution in [3.05, 3.63) is 24.0 Å². The maximum Gasteiger partial charge on any atom is 0.106 e. The number of carbonyl (C=O) groups is 1. The Morgan fingerprint density at radius 1 is 1.60 bits per heavy atom. The molecule has 0 aromatic carbocycles. The number of rotatable bonds is 0.